The van der Waals surface area contributed by atoms with Crippen molar-refractivity contribution in [3.63, 3.8) is 0 Å². The molecule has 1 heterocycles. The summed E-state index contributed by atoms with van der Waals surface area (Å²) >= 11 is 1.70. The number of thiazole rings is 1. The third-order valence-corrected chi connectivity index (χ3v) is 3.23. The summed E-state index contributed by atoms with van der Waals surface area (Å²) in [6.07, 6.45) is 0. The fourth-order valence-corrected chi connectivity index (χ4v) is 2.37. The molecular weight excluding hydrogens is 220 g/mol. The summed E-state index contributed by atoms with van der Waals surface area (Å²) in [4.78, 5) is 11.9. The van der Waals surface area contributed by atoms with Gasteiger partial charge < -0.3 is 10.6 Å². The number of rotatable bonds is 3. The monoisotopic (exact) mass is 240 g/mol. The molecule has 16 heavy (non-hydrogen) atoms. The second-order valence-electron chi connectivity index (χ2n) is 4.27. The lowest BCUT2D eigenvalue weighted by Gasteiger charge is -2.09. The van der Waals surface area contributed by atoms with Crippen LogP contribution in [0.1, 0.15) is 35.3 Å². The number of hydrogen-bond donors (Lipinski definition) is 1. The summed E-state index contributed by atoms with van der Waals surface area (Å²) in [5.74, 6) is 1.01. The summed E-state index contributed by atoms with van der Waals surface area (Å²) in [6.45, 7) is 6.99. The maximum absolute atomic E-state index is 5.72. The number of hydrogen-bond acceptors (Lipinski definition) is 3. The van der Waals surface area contributed by atoms with Gasteiger partial charge in [-0.3, -0.25) is 0 Å². The maximum Gasteiger partial charge on any atom is 0.191 e. The van der Waals surface area contributed by atoms with Gasteiger partial charge >= 0.3 is 0 Å². The first kappa shape index (κ1) is 13.0. The van der Waals surface area contributed by atoms with Crippen LogP contribution in [0.4, 0.5) is 0 Å². The Hall–Kier alpha value is -1.10. The van der Waals surface area contributed by atoms with Crippen LogP contribution in [0.15, 0.2) is 4.99 Å². The molecular formula is C11H20N4S. The van der Waals surface area contributed by atoms with Crippen LogP contribution in [-0.2, 0) is 6.54 Å². The highest BCUT2D eigenvalue weighted by Gasteiger charge is 2.10. The summed E-state index contributed by atoms with van der Waals surface area (Å²) in [7, 11) is 3.76. The zero-order valence-electron chi connectivity index (χ0n) is 10.6. The van der Waals surface area contributed by atoms with Crippen molar-refractivity contribution in [2.75, 3.05) is 14.1 Å². The third-order valence-electron chi connectivity index (χ3n) is 2.26. The molecule has 0 amide bonds. The Morgan fingerprint density at radius 1 is 1.50 bits per heavy atom. The van der Waals surface area contributed by atoms with Crippen molar-refractivity contribution in [2.45, 2.75) is 33.2 Å². The van der Waals surface area contributed by atoms with Crippen LogP contribution in [0.25, 0.3) is 0 Å². The molecule has 0 spiro atoms. The topological polar surface area (TPSA) is 54.5 Å². The molecule has 0 radical (unpaired) electrons. The molecule has 1 aromatic heterocycles. The van der Waals surface area contributed by atoms with E-state index in [4.69, 9.17) is 5.73 Å². The molecule has 1 rings (SSSR count). The van der Waals surface area contributed by atoms with E-state index in [0.29, 0.717) is 18.4 Å². The molecule has 0 bridgehead atoms. The lowest BCUT2D eigenvalue weighted by atomic mass is 10.1. The van der Waals surface area contributed by atoms with Gasteiger partial charge in [0.05, 0.1) is 12.2 Å². The van der Waals surface area contributed by atoms with Gasteiger partial charge in [0.25, 0.3) is 0 Å². The van der Waals surface area contributed by atoms with E-state index in [9.17, 15) is 0 Å². The lowest BCUT2D eigenvalue weighted by molar-refractivity contribution is 0.609. The molecule has 0 atom stereocenters. The van der Waals surface area contributed by atoms with Gasteiger partial charge in [0.2, 0.25) is 0 Å². The largest absolute Gasteiger partial charge is 0.370 e. The smallest absolute Gasteiger partial charge is 0.191 e. The van der Waals surface area contributed by atoms with Crippen molar-refractivity contribution >= 4 is 17.3 Å². The van der Waals surface area contributed by atoms with E-state index >= 15 is 0 Å². The van der Waals surface area contributed by atoms with Gasteiger partial charge in [-0.05, 0) is 12.8 Å². The standard InChI is InChI=1S/C11H20N4S/c1-7(2)10-8(3)16-9(14-10)6-13-11(12)15(4)5/h7H,6H2,1-5H3,(H2,12,13). The highest BCUT2D eigenvalue weighted by Crippen LogP contribution is 2.24. The third kappa shape index (κ3) is 3.20. The summed E-state index contributed by atoms with van der Waals surface area (Å²) in [6, 6.07) is 0. The molecule has 0 unspecified atom stereocenters. The maximum atomic E-state index is 5.72. The molecule has 4 nitrogen and oxygen atoms in total. The van der Waals surface area contributed by atoms with Crippen molar-refractivity contribution < 1.29 is 0 Å². The van der Waals surface area contributed by atoms with E-state index < -0.39 is 0 Å². The first-order valence-corrected chi connectivity index (χ1v) is 6.17. The second kappa shape index (κ2) is 5.30. The average Bonchev–Trinajstić information content (AvgIpc) is 2.56. The first-order valence-electron chi connectivity index (χ1n) is 5.35. The number of aromatic nitrogens is 1. The van der Waals surface area contributed by atoms with E-state index in [1.165, 1.54) is 10.6 Å². The summed E-state index contributed by atoms with van der Waals surface area (Å²) in [5, 5.41) is 1.03. The lowest BCUT2D eigenvalue weighted by Crippen LogP contribution is -2.30. The van der Waals surface area contributed by atoms with Gasteiger partial charge in [-0.15, -0.1) is 11.3 Å². The van der Waals surface area contributed by atoms with Crippen molar-refractivity contribution in [3.05, 3.63) is 15.6 Å². The Morgan fingerprint density at radius 2 is 2.12 bits per heavy atom. The number of aryl methyl sites for hydroxylation is 1. The van der Waals surface area contributed by atoms with Crippen LogP contribution < -0.4 is 5.73 Å². The molecule has 0 aromatic carbocycles. The SMILES string of the molecule is Cc1sc(CN=C(N)N(C)C)nc1C(C)C. The van der Waals surface area contributed by atoms with E-state index in [2.05, 4.69) is 30.7 Å². The molecule has 0 saturated heterocycles. The number of aliphatic imine (C=N–C) groups is 1. The predicted molar refractivity (Wildman–Crippen MR) is 70.0 cm³/mol. The molecule has 0 fully saturated rings. The summed E-state index contributed by atoms with van der Waals surface area (Å²) in [5.41, 5.74) is 6.90. The average molecular weight is 240 g/mol. The van der Waals surface area contributed by atoms with Crippen LogP contribution >= 0.6 is 11.3 Å². The predicted octanol–water partition coefficient (Wildman–Crippen LogP) is 1.95. The molecule has 5 heteroatoms. The Balaban J connectivity index is 2.76. The molecule has 2 N–H and O–H groups in total. The zero-order chi connectivity index (χ0) is 12.3. The van der Waals surface area contributed by atoms with E-state index in [-0.39, 0.29) is 0 Å². The number of nitrogens with two attached hydrogens (primary N) is 1. The van der Waals surface area contributed by atoms with E-state index in [0.717, 1.165) is 5.01 Å². The van der Waals surface area contributed by atoms with Crippen molar-refractivity contribution in [1.82, 2.24) is 9.88 Å². The first-order chi connectivity index (χ1) is 7.41. The van der Waals surface area contributed by atoms with Crippen LogP contribution in [0, 0.1) is 6.92 Å². The zero-order valence-corrected chi connectivity index (χ0v) is 11.4. The van der Waals surface area contributed by atoms with Gasteiger partial charge in [-0.1, -0.05) is 13.8 Å². The van der Waals surface area contributed by atoms with Gasteiger partial charge in [-0.25, -0.2) is 9.98 Å². The molecule has 0 saturated carbocycles. The molecule has 1 aromatic rings. The number of guanidine groups is 1. The van der Waals surface area contributed by atoms with E-state index in [1.807, 2.05) is 14.1 Å². The molecule has 0 aliphatic heterocycles. The van der Waals surface area contributed by atoms with Gasteiger partial charge in [0, 0.05) is 19.0 Å². The molecule has 90 valence electrons. The van der Waals surface area contributed by atoms with Gasteiger partial charge in [0.1, 0.15) is 5.01 Å². The van der Waals surface area contributed by atoms with Crippen LogP contribution in [0.3, 0.4) is 0 Å². The van der Waals surface area contributed by atoms with Crippen LogP contribution in [0.2, 0.25) is 0 Å². The summed E-state index contributed by atoms with van der Waals surface area (Å²) < 4.78 is 0. The van der Waals surface area contributed by atoms with E-state index in [1.54, 1.807) is 16.2 Å². The second-order valence-corrected chi connectivity index (χ2v) is 5.56. The Bertz CT molecular complexity index is 379. The van der Waals surface area contributed by atoms with Crippen molar-refractivity contribution in [3.8, 4) is 0 Å². The normalized spacial score (nSPS) is 12.2. The fourth-order valence-electron chi connectivity index (χ4n) is 1.36. The highest BCUT2D eigenvalue weighted by molar-refractivity contribution is 7.11. The molecule has 0 aliphatic carbocycles. The quantitative estimate of drug-likeness (QED) is 0.649. The fraction of sp³-hybridized carbons (Fsp3) is 0.636. The highest BCUT2D eigenvalue weighted by atomic mass is 32.1. The Morgan fingerprint density at radius 3 is 2.56 bits per heavy atom. The van der Waals surface area contributed by atoms with Crippen molar-refractivity contribution in [2.24, 2.45) is 10.7 Å². The van der Waals surface area contributed by atoms with Crippen molar-refractivity contribution in [1.29, 1.82) is 0 Å². The van der Waals surface area contributed by atoms with Crippen LogP contribution in [0.5, 0.6) is 0 Å². The Labute approximate surface area is 101 Å². The minimum atomic E-state index is 0.472. The number of nitrogens with zero attached hydrogens (tertiary/aromatic N) is 3. The van der Waals surface area contributed by atoms with Gasteiger partial charge in [0.15, 0.2) is 5.96 Å². The minimum Gasteiger partial charge on any atom is -0.370 e. The van der Waals surface area contributed by atoms with Crippen LogP contribution in [-0.4, -0.2) is 29.9 Å². The molecule has 0 aliphatic rings. The minimum absolute atomic E-state index is 0.472. The van der Waals surface area contributed by atoms with Gasteiger partial charge in [-0.2, -0.15) is 0 Å². The Kier molecular flexibility index (Phi) is 4.29.